The van der Waals surface area contributed by atoms with Gasteiger partial charge in [-0.05, 0) is 18.9 Å². The second-order valence-electron chi connectivity index (χ2n) is 7.91. The molecule has 0 rings (SSSR count). The molecule has 0 fully saturated rings. The standard InChI is InChI=1S/C24H47NO3/c1-3-5-6-7-8-9-10-11-12-13-14-15-16-17-18-19-20-25-24(27)28-22-23(4-2)21-26/h4,26H,3,5-22H2,1-2H3,(H,25,27)/b23-4-. The number of rotatable bonds is 20. The van der Waals surface area contributed by atoms with Crippen LogP contribution < -0.4 is 5.32 Å². The van der Waals surface area contributed by atoms with Crippen LogP contribution >= 0.6 is 0 Å². The van der Waals surface area contributed by atoms with Crippen molar-refractivity contribution in [3.8, 4) is 0 Å². The van der Waals surface area contributed by atoms with Crippen LogP contribution in [0.2, 0.25) is 0 Å². The van der Waals surface area contributed by atoms with Gasteiger partial charge in [0.05, 0.1) is 6.61 Å². The minimum Gasteiger partial charge on any atom is -0.445 e. The van der Waals surface area contributed by atoms with Crippen LogP contribution in [0.25, 0.3) is 0 Å². The molecule has 0 spiro atoms. The van der Waals surface area contributed by atoms with Crippen molar-refractivity contribution in [2.75, 3.05) is 19.8 Å². The monoisotopic (exact) mass is 397 g/mol. The molecule has 0 aromatic carbocycles. The summed E-state index contributed by atoms with van der Waals surface area (Å²) < 4.78 is 5.04. The minimum absolute atomic E-state index is 0.0666. The maximum Gasteiger partial charge on any atom is 0.407 e. The van der Waals surface area contributed by atoms with Crippen molar-refractivity contribution in [2.45, 2.75) is 117 Å². The van der Waals surface area contributed by atoms with E-state index in [1.807, 2.05) is 6.92 Å². The van der Waals surface area contributed by atoms with Crippen LogP contribution in [0.4, 0.5) is 4.79 Å². The Balaban J connectivity index is 3.18. The van der Waals surface area contributed by atoms with Crippen molar-refractivity contribution in [3.05, 3.63) is 11.6 Å². The maximum atomic E-state index is 11.5. The minimum atomic E-state index is -0.395. The van der Waals surface area contributed by atoms with Crippen molar-refractivity contribution in [1.29, 1.82) is 0 Å². The first-order valence-corrected chi connectivity index (χ1v) is 11.9. The predicted molar refractivity (Wildman–Crippen MR) is 120 cm³/mol. The lowest BCUT2D eigenvalue weighted by molar-refractivity contribution is 0.151. The quantitative estimate of drug-likeness (QED) is 0.173. The van der Waals surface area contributed by atoms with Crippen molar-refractivity contribution < 1.29 is 14.6 Å². The topological polar surface area (TPSA) is 58.6 Å². The fraction of sp³-hybridized carbons (Fsp3) is 0.875. The molecule has 4 heteroatoms. The van der Waals surface area contributed by atoms with E-state index < -0.39 is 6.09 Å². The highest BCUT2D eigenvalue weighted by atomic mass is 16.5. The van der Waals surface area contributed by atoms with Gasteiger partial charge in [0.15, 0.2) is 0 Å². The van der Waals surface area contributed by atoms with E-state index in [4.69, 9.17) is 9.84 Å². The van der Waals surface area contributed by atoms with E-state index in [1.54, 1.807) is 6.08 Å². The lowest BCUT2D eigenvalue weighted by Gasteiger charge is -2.08. The summed E-state index contributed by atoms with van der Waals surface area (Å²) >= 11 is 0. The van der Waals surface area contributed by atoms with E-state index in [0.717, 1.165) is 18.4 Å². The smallest absolute Gasteiger partial charge is 0.407 e. The number of hydrogen-bond acceptors (Lipinski definition) is 3. The molecule has 0 aromatic heterocycles. The molecule has 0 aromatic rings. The molecule has 0 bridgehead atoms. The summed E-state index contributed by atoms with van der Waals surface area (Å²) in [4.78, 5) is 11.5. The molecule has 0 aliphatic heterocycles. The van der Waals surface area contributed by atoms with Gasteiger partial charge in [-0.25, -0.2) is 4.79 Å². The second kappa shape index (κ2) is 22.3. The normalized spacial score (nSPS) is 11.6. The number of amides is 1. The third kappa shape index (κ3) is 19.7. The van der Waals surface area contributed by atoms with Gasteiger partial charge in [0.2, 0.25) is 0 Å². The van der Waals surface area contributed by atoms with Crippen LogP contribution in [0.5, 0.6) is 0 Å². The zero-order chi connectivity index (χ0) is 20.7. The molecular formula is C24H47NO3. The third-order valence-corrected chi connectivity index (χ3v) is 5.30. The van der Waals surface area contributed by atoms with Crippen molar-refractivity contribution in [1.82, 2.24) is 5.32 Å². The summed E-state index contributed by atoms with van der Waals surface area (Å²) in [5, 5.41) is 11.8. The van der Waals surface area contributed by atoms with Crippen molar-refractivity contribution in [2.24, 2.45) is 0 Å². The first-order valence-electron chi connectivity index (χ1n) is 11.9. The molecule has 166 valence electrons. The molecule has 0 saturated heterocycles. The lowest BCUT2D eigenvalue weighted by atomic mass is 10.0. The van der Waals surface area contributed by atoms with Crippen LogP contribution in [0.15, 0.2) is 11.6 Å². The van der Waals surface area contributed by atoms with Crippen LogP contribution in [0.3, 0.4) is 0 Å². The second-order valence-corrected chi connectivity index (χ2v) is 7.91. The molecule has 2 N–H and O–H groups in total. The number of ether oxygens (including phenoxy) is 1. The Morgan fingerprint density at radius 1 is 0.786 bits per heavy atom. The highest BCUT2D eigenvalue weighted by molar-refractivity contribution is 5.67. The van der Waals surface area contributed by atoms with Gasteiger partial charge in [-0.3, -0.25) is 0 Å². The Bertz CT molecular complexity index is 369. The molecule has 0 saturated carbocycles. The first-order chi connectivity index (χ1) is 13.7. The van der Waals surface area contributed by atoms with Gasteiger partial charge >= 0.3 is 6.09 Å². The van der Waals surface area contributed by atoms with E-state index in [0.29, 0.717) is 6.54 Å². The van der Waals surface area contributed by atoms with Crippen LogP contribution in [-0.2, 0) is 4.74 Å². The van der Waals surface area contributed by atoms with E-state index in [2.05, 4.69) is 12.2 Å². The zero-order valence-corrected chi connectivity index (χ0v) is 18.8. The molecule has 28 heavy (non-hydrogen) atoms. The fourth-order valence-electron chi connectivity index (χ4n) is 3.29. The molecule has 0 aliphatic carbocycles. The zero-order valence-electron chi connectivity index (χ0n) is 18.8. The number of nitrogens with one attached hydrogen (secondary N) is 1. The SMILES string of the molecule is C/C=C(/CO)COC(=O)NCCCCCCCCCCCCCCCCCC. The van der Waals surface area contributed by atoms with Gasteiger partial charge in [0.1, 0.15) is 6.61 Å². The van der Waals surface area contributed by atoms with Gasteiger partial charge in [0.25, 0.3) is 0 Å². The number of aliphatic hydroxyl groups excluding tert-OH is 1. The van der Waals surface area contributed by atoms with Gasteiger partial charge in [0, 0.05) is 6.54 Å². The summed E-state index contributed by atoms with van der Waals surface area (Å²) in [6.45, 7) is 4.87. The van der Waals surface area contributed by atoms with E-state index in [1.165, 1.54) is 89.9 Å². The number of aliphatic hydroxyl groups is 1. The largest absolute Gasteiger partial charge is 0.445 e. The van der Waals surface area contributed by atoms with Crippen LogP contribution in [-0.4, -0.2) is 31.0 Å². The average Bonchev–Trinajstić information content (AvgIpc) is 2.71. The van der Waals surface area contributed by atoms with Crippen LogP contribution in [0.1, 0.15) is 117 Å². The molecule has 0 radical (unpaired) electrons. The number of unbranched alkanes of at least 4 members (excludes halogenated alkanes) is 15. The average molecular weight is 398 g/mol. The van der Waals surface area contributed by atoms with Crippen molar-refractivity contribution >= 4 is 6.09 Å². The van der Waals surface area contributed by atoms with Gasteiger partial charge in [-0.1, -0.05) is 109 Å². The predicted octanol–water partition coefficient (Wildman–Crippen LogP) is 6.91. The van der Waals surface area contributed by atoms with Gasteiger partial charge < -0.3 is 15.2 Å². The Kier molecular flexibility index (Phi) is 21.4. The van der Waals surface area contributed by atoms with Gasteiger partial charge in [-0.2, -0.15) is 0 Å². The number of carbonyl (C=O) groups is 1. The Labute approximate surface area is 174 Å². The maximum absolute atomic E-state index is 11.5. The molecule has 0 heterocycles. The Morgan fingerprint density at radius 3 is 1.61 bits per heavy atom. The molecular weight excluding hydrogens is 350 g/mol. The van der Waals surface area contributed by atoms with Gasteiger partial charge in [-0.15, -0.1) is 0 Å². The Morgan fingerprint density at radius 2 is 1.21 bits per heavy atom. The van der Waals surface area contributed by atoms with Crippen LogP contribution in [0, 0.1) is 0 Å². The summed E-state index contributed by atoms with van der Waals surface area (Å²) in [6, 6.07) is 0. The summed E-state index contributed by atoms with van der Waals surface area (Å²) in [5.74, 6) is 0. The molecule has 0 aliphatic rings. The molecule has 0 unspecified atom stereocenters. The molecule has 1 amide bonds. The number of allylic oxidation sites excluding steroid dienone is 1. The Hall–Kier alpha value is -1.03. The summed E-state index contributed by atoms with van der Waals surface area (Å²) in [5.41, 5.74) is 0.720. The first kappa shape index (κ1) is 27.0. The van der Waals surface area contributed by atoms with E-state index in [9.17, 15) is 4.79 Å². The number of carbonyl (C=O) groups excluding carboxylic acids is 1. The number of alkyl carbamates (subject to hydrolysis) is 1. The van der Waals surface area contributed by atoms with E-state index >= 15 is 0 Å². The molecule has 0 atom stereocenters. The summed E-state index contributed by atoms with van der Waals surface area (Å²) in [6.07, 6.45) is 23.0. The molecule has 4 nitrogen and oxygen atoms in total. The van der Waals surface area contributed by atoms with Crippen molar-refractivity contribution in [3.63, 3.8) is 0 Å². The van der Waals surface area contributed by atoms with E-state index in [-0.39, 0.29) is 13.2 Å². The fourth-order valence-corrected chi connectivity index (χ4v) is 3.29. The number of hydrogen-bond donors (Lipinski definition) is 2. The third-order valence-electron chi connectivity index (χ3n) is 5.30. The highest BCUT2D eigenvalue weighted by Gasteiger charge is 2.02. The highest BCUT2D eigenvalue weighted by Crippen LogP contribution is 2.13. The summed E-state index contributed by atoms with van der Waals surface area (Å²) in [7, 11) is 0. The lowest BCUT2D eigenvalue weighted by Crippen LogP contribution is -2.26.